The molecule has 132 valence electrons. The van der Waals surface area contributed by atoms with Gasteiger partial charge in [-0.05, 0) is 18.3 Å². The molecule has 0 saturated heterocycles. The Morgan fingerprint density at radius 1 is 0.591 bits per heavy atom. The average Bonchev–Trinajstić information content (AvgIpc) is 2.46. The minimum absolute atomic E-state index is 0.638. The highest BCUT2D eigenvalue weighted by Gasteiger charge is 1.97. The van der Waals surface area contributed by atoms with Gasteiger partial charge in [-0.2, -0.15) is 0 Å². The van der Waals surface area contributed by atoms with E-state index in [0.717, 1.165) is 5.92 Å². The van der Waals surface area contributed by atoms with Gasteiger partial charge in [0.1, 0.15) is 0 Å². The fourth-order valence-electron chi connectivity index (χ4n) is 3.00. The zero-order chi connectivity index (χ0) is 16.5. The molecule has 0 aromatic carbocycles. The summed E-state index contributed by atoms with van der Waals surface area (Å²) in [5, 5.41) is 0. The van der Waals surface area contributed by atoms with Crippen LogP contribution in [0.5, 0.6) is 0 Å². The van der Waals surface area contributed by atoms with Crippen LogP contribution in [0.2, 0.25) is 0 Å². The first-order chi connectivity index (χ1) is 10.6. The smallest absolute Gasteiger partial charge is 0.0386 e. The lowest BCUT2D eigenvalue weighted by molar-refractivity contribution is 0.506. The summed E-state index contributed by atoms with van der Waals surface area (Å²) < 4.78 is 0. The number of unbranched alkanes of at least 4 members (excludes halogenated alkanes) is 13. The predicted octanol–water partition coefficient (Wildman–Crippen LogP) is 8.17. The first-order valence-corrected chi connectivity index (χ1v) is 10.3. The minimum Gasteiger partial charge on any atom is -0.0628 e. The van der Waals surface area contributed by atoms with Gasteiger partial charge in [-0.1, -0.05) is 124 Å². The second-order valence-corrected chi connectivity index (χ2v) is 7.83. The normalized spacial score (nSPS) is 11.7. The molecular weight excluding hydrogens is 264 g/mol. The highest BCUT2D eigenvalue weighted by molar-refractivity contribution is 4.65. The summed E-state index contributed by atoms with van der Waals surface area (Å²) in [5.41, 5.74) is 0. The van der Waals surface area contributed by atoms with Crippen LogP contribution in [0.25, 0.3) is 0 Å². The van der Waals surface area contributed by atoms with Gasteiger partial charge in [-0.25, -0.2) is 0 Å². The van der Waals surface area contributed by atoms with E-state index in [9.17, 15) is 0 Å². The molecule has 0 amide bonds. The van der Waals surface area contributed by atoms with Gasteiger partial charge in [0.15, 0.2) is 0 Å². The van der Waals surface area contributed by atoms with Gasteiger partial charge >= 0.3 is 0 Å². The summed E-state index contributed by atoms with van der Waals surface area (Å²) in [6, 6.07) is 0. The van der Waals surface area contributed by atoms with Crippen molar-refractivity contribution in [3.05, 3.63) is 13.3 Å². The second-order valence-electron chi connectivity index (χ2n) is 7.83. The van der Waals surface area contributed by atoms with Crippen LogP contribution in [0.4, 0.5) is 0 Å². The molecule has 1 unspecified atom stereocenters. The van der Waals surface area contributed by atoms with Crippen LogP contribution in [-0.4, -0.2) is 0 Å². The van der Waals surface area contributed by atoms with Crippen molar-refractivity contribution in [2.75, 3.05) is 0 Å². The van der Waals surface area contributed by atoms with Gasteiger partial charge in [-0.15, -0.1) is 0 Å². The lowest BCUT2D eigenvalue weighted by atomic mass is 10.0. The summed E-state index contributed by atoms with van der Waals surface area (Å²) in [6.45, 7) is 10.9. The molecule has 0 rings (SSSR count). The molecule has 22 heavy (non-hydrogen) atoms. The topological polar surface area (TPSA) is 0 Å². The molecule has 0 aliphatic carbocycles. The molecule has 0 aromatic rings. The Morgan fingerprint density at radius 2 is 1.00 bits per heavy atom. The van der Waals surface area contributed by atoms with Gasteiger partial charge in [0.2, 0.25) is 0 Å². The standard InChI is InChI=1S/C22H44/c1-21(2)19-17-15-13-11-9-7-5-6-8-10-12-14-16-18-20-22(3)4/h9,21-22H,1,5-8,10-20H2,2-4H3. The lowest BCUT2D eigenvalue weighted by Gasteiger charge is -2.05. The van der Waals surface area contributed by atoms with E-state index < -0.39 is 0 Å². The molecule has 2 radical (unpaired) electrons. The van der Waals surface area contributed by atoms with Crippen molar-refractivity contribution in [3.63, 3.8) is 0 Å². The monoisotopic (exact) mass is 308 g/mol. The number of hydrogen-bond donors (Lipinski definition) is 0. The number of rotatable bonds is 17. The molecule has 0 heterocycles. The number of hydrogen-bond acceptors (Lipinski definition) is 0. The van der Waals surface area contributed by atoms with E-state index in [1.807, 2.05) is 0 Å². The maximum Gasteiger partial charge on any atom is -0.0386 e. The van der Waals surface area contributed by atoms with Crippen molar-refractivity contribution in [3.8, 4) is 0 Å². The first kappa shape index (κ1) is 22.0. The quantitative estimate of drug-likeness (QED) is 0.238. The molecule has 0 nitrogen and oxygen atoms in total. The summed E-state index contributed by atoms with van der Waals surface area (Å²) >= 11 is 0. The van der Waals surface area contributed by atoms with Crippen LogP contribution in [0, 0.1) is 25.2 Å². The van der Waals surface area contributed by atoms with Gasteiger partial charge in [0, 0.05) is 0 Å². The van der Waals surface area contributed by atoms with E-state index in [4.69, 9.17) is 0 Å². The first-order valence-electron chi connectivity index (χ1n) is 10.3. The van der Waals surface area contributed by atoms with Crippen molar-refractivity contribution < 1.29 is 0 Å². The lowest BCUT2D eigenvalue weighted by Crippen LogP contribution is -1.88. The molecule has 0 aliphatic heterocycles. The van der Waals surface area contributed by atoms with Crippen LogP contribution < -0.4 is 0 Å². The summed E-state index contributed by atoms with van der Waals surface area (Å²) in [4.78, 5) is 0. The average molecular weight is 309 g/mol. The van der Waals surface area contributed by atoms with Crippen LogP contribution >= 0.6 is 0 Å². The van der Waals surface area contributed by atoms with Crippen molar-refractivity contribution in [1.82, 2.24) is 0 Å². The maximum atomic E-state index is 4.04. The second kappa shape index (κ2) is 17.4. The molecule has 1 atom stereocenters. The minimum atomic E-state index is 0.638. The van der Waals surface area contributed by atoms with Gasteiger partial charge < -0.3 is 0 Å². The van der Waals surface area contributed by atoms with E-state index in [0.29, 0.717) is 5.92 Å². The Hall–Kier alpha value is 0. The van der Waals surface area contributed by atoms with Gasteiger partial charge in [0.25, 0.3) is 0 Å². The zero-order valence-corrected chi connectivity index (χ0v) is 16.0. The van der Waals surface area contributed by atoms with Crippen molar-refractivity contribution in [2.24, 2.45) is 11.8 Å². The van der Waals surface area contributed by atoms with Crippen molar-refractivity contribution in [2.45, 2.75) is 117 Å². The Labute approximate surface area is 142 Å². The third-order valence-corrected chi connectivity index (χ3v) is 4.54. The molecule has 0 spiro atoms. The molecule has 0 fully saturated rings. The van der Waals surface area contributed by atoms with Crippen molar-refractivity contribution >= 4 is 0 Å². The third kappa shape index (κ3) is 20.0. The van der Waals surface area contributed by atoms with E-state index in [1.165, 1.54) is 96.3 Å². The van der Waals surface area contributed by atoms with Crippen LogP contribution in [0.1, 0.15) is 117 Å². The van der Waals surface area contributed by atoms with E-state index in [2.05, 4.69) is 34.1 Å². The van der Waals surface area contributed by atoms with Gasteiger partial charge in [-0.3, -0.25) is 0 Å². The Balaban J connectivity index is 2.97. The largest absolute Gasteiger partial charge is 0.0628 e. The van der Waals surface area contributed by atoms with Crippen LogP contribution in [0.3, 0.4) is 0 Å². The summed E-state index contributed by atoms with van der Waals surface area (Å²) in [7, 11) is 0. The maximum absolute atomic E-state index is 4.04. The Bertz CT molecular complexity index is 170. The molecule has 0 heteroatoms. The van der Waals surface area contributed by atoms with E-state index in [1.54, 1.807) is 0 Å². The highest BCUT2D eigenvalue weighted by atomic mass is 14.0. The van der Waals surface area contributed by atoms with E-state index in [-0.39, 0.29) is 0 Å². The van der Waals surface area contributed by atoms with Crippen LogP contribution in [0.15, 0.2) is 0 Å². The predicted molar refractivity (Wildman–Crippen MR) is 103 cm³/mol. The summed E-state index contributed by atoms with van der Waals surface area (Å²) in [5.74, 6) is 1.53. The fraction of sp³-hybridized carbons (Fsp3) is 0.909. The molecule has 0 aliphatic rings. The fourth-order valence-corrected chi connectivity index (χ4v) is 3.00. The SMILES string of the molecule is [CH2]C(C)CCCCC[CH]CCCCCCCCCCC(C)C. The molecule has 0 bridgehead atoms. The molecule has 0 N–H and O–H groups in total. The highest BCUT2D eigenvalue weighted by Crippen LogP contribution is 2.15. The molecule has 0 saturated carbocycles. The van der Waals surface area contributed by atoms with Crippen molar-refractivity contribution in [1.29, 1.82) is 0 Å². The zero-order valence-electron chi connectivity index (χ0n) is 16.0. The molecular formula is C22H44. The van der Waals surface area contributed by atoms with Gasteiger partial charge in [0.05, 0.1) is 0 Å². The molecule has 0 aromatic heterocycles. The summed E-state index contributed by atoms with van der Waals surface area (Å²) in [6.07, 6.45) is 23.7. The Kier molecular flexibility index (Phi) is 17.4. The Morgan fingerprint density at radius 3 is 1.50 bits per heavy atom. The van der Waals surface area contributed by atoms with E-state index >= 15 is 0 Å². The third-order valence-electron chi connectivity index (χ3n) is 4.54. The van der Waals surface area contributed by atoms with Crippen LogP contribution in [-0.2, 0) is 0 Å².